The lowest BCUT2D eigenvalue weighted by Gasteiger charge is -2.15. The van der Waals surface area contributed by atoms with Gasteiger partial charge in [-0.2, -0.15) is 8.78 Å². The SMILES string of the molecule is COC(C)CNc1cc(OC(F)F)c(F)cc1N. The van der Waals surface area contributed by atoms with Crippen LogP contribution in [0, 0.1) is 5.82 Å². The van der Waals surface area contributed by atoms with Gasteiger partial charge in [0.2, 0.25) is 0 Å². The molecule has 7 heteroatoms. The van der Waals surface area contributed by atoms with Gasteiger partial charge < -0.3 is 20.5 Å². The highest BCUT2D eigenvalue weighted by Gasteiger charge is 2.13. The Hall–Kier alpha value is -1.63. The van der Waals surface area contributed by atoms with Gasteiger partial charge in [-0.15, -0.1) is 0 Å². The van der Waals surface area contributed by atoms with Gasteiger partial charge in [0, 0.05) is 25.8 Å². The molecule has 0 radical (unpaired) electrons. The number of methoxy groups -OCH3 is 1. The van der Waals surface area contributed by atoms with E-state index in [4.69, 9.17) is 10.5 Å². The molecule has 0 aromatic heterocycles. The monoisotopic (exact) mass is 264 g/mol. The summed E-state index contributed by atoms with van der Waals surface area (Å²) >= 11 is 0. The predicted octanol–water partition coefficient (Wildman–Crippen LogP) is 2.46. The van der Waals surface area contributed by atoms with E-state index in [0.717, 1.165) is 12.1 Å². The van der Waals surface area contributed by atoms with Crippen LogP contribution in [0.5, 0.6) is 5.75 Å². The first-order valence-corrected chi connectivity index (χ1v) is 5.24. The molecular formula is C11H15F3N2O2. The summed E-state index contributed by atoms with van der Waals surface area (Å²) in [5, 5.41) is 2.86. The molecule has 18 heavy (non-hydrogen) atoms. The number of hydrogen-bond acceptors (Lipinski definition) is 4. The summed E-state index contributed by atoms with van der Waals surface area (Å²) in [7, 11) is 1.53. The van der Waals surface area contributed by atoms with E-state index < -0.39 is 18.2 Å². The zero-order chi connectivity index (χ0) is 13.7. The molecule has 0 heterocycles. The Kier molecular flexibility index (Phi) is 5.08. The molecule has 0 aliphatic rings. The molecule has 4 nitrogen and oxygen atoms in total. The fourth-order valence-corrected chi connectivity index (χ4v) is 1.25. The number of alkyl halides is 2. The second-order valence-corrected chi connectivity index (χ2v) is 3.68. The standard InChI is InChI=1S/C11H15F3N2O2/c1-6(17-2)5-16-9-4-10(18-11(13)14)7(12)3-8(9)15/h3-4,6,11,16H,5,15H2,1-2H3. The average molecular weight is 264 g/mol. The molecule has 0 saturated heterocycles. The van der Waals surface area contributed by atoms with E-state index >= 15 is 0 Å². The quantitative estimate of drug-likeness (QED) is 0.775. The predicted molar refractivity (Wildman–Crippen MR) is 62.4 cm³/mol. The molecule has 0 aliphatic heterocycles. The number of anilines is 2. The van der Waals surface area contributed by atoms with Crippen LogP contribution in [0.2, 0.25) is 0 Å². The van der Waals surface area contributed by atoms with Gasteiger partial charge in [-0.05, 0) is 6.92 Å². The highest BCUT2D eigenvalue weighted by atomic mass is 19.3. The first-order chi connectivity index (χ1) is 8.43. The third-order valence-electron chi connectivity index (χ3n) is 2.30. The number of hydrogen-bond donors (Lipinski definition) is 2. The molecule has 1 unspecified atom stereocenters. The van der Waals surface area contributed by atoms with E-state index in [1.54, 1.807) is 0 Å². The van der Waals surface area contributed by atoms with Gasteiger partial charge in [0.15, 0.2) is 11.6 Å². The summed E-state index contributed by atoms with van der Waals surface area (Å²) in [6, 6.07) is 2.02. The molecule has 102 valence electrons. The van der Waals surface area contributed by atoms with E-state index in [-0.39, 0.29) is 11.8 Å². The Morgan fingerprint density at radius 1 is 1.39 bits per heavy atom. The number of nitrogens with two attached hydrogens (primary N) is 1. The van der Waals surface area contributed by atoms with Crippen LogP contribution in [-0.2, 0) is 4.74 Å². The minimum absolute atomic E-state index is 0.103. The Bertz CT molecular complexity index is 402. The van der Waals surface area contributed by atoms with Gasteiger partial charge in [-0.1, -0.05) is 0 Å². The van der Waals surface area contributed by atoms with Crippen molar-refractivity contribution in [2.24, 2.45) is 0 Å². The van der Waals surface area contributed by atoms with Gasteiger partial charge in [-0.3, -0.25) is 0 Å². The number of nitrogen functional groups attached to an aromatic ring is 1. The first kappa shape index (κ1) is 14.4. The molecule has 1 aromatic rings. The minimum Gasteiger partial charge on any atom is -0.432 e. The lowest BCUT2D eigenvalue weighted by atomic mass is 10.2. The molecule has 1 aromatic carbocycles. The molecule has 1 atom stereocenters. The smallest absolute Gasteiger partial charge is 0.387 e. The number of halogens is 3. The third kappa shape index (κ3) is 3.99. The van der Waals surface area contributed by atoms with Crippen LogP contribution in [0.3, 0.4) is 0 Å². The van der Waals surface area contributed by atoms with Crippen molar-refractivity contribution in [3.63, 3.8) is 0 Å². The van der Waals surface area contributed by atoms with Crippen molar-refractivity contribution >= 4 is 11.4 Å². The largest absolute Gasteiger partial charge is 0.432 e. The molecule has 0 aliphatic carbocycles. The van der Waals surface area contributed by atoms with Gasteiger partial charge in [0.05, 0.1) is 17.5 Å². The Morgan fingerprint density at radius 3 is 2.61 bits per heavy atom. The highest BCUT2D eigenvalue weighted by molar-refractivity contribution is 5.68. The van der Waals surface area contributed by atoms with Gasteiger partial charge >= 0.3 is 6.61 Å². The number of rotatable bonds is 6. The molecular weight excluding hydrogens is 249 g/mol. The normalized spacial score (nSPS) is 12.6. The lowest BCUT2D eigenvalue weighted by molar-refractivity contribution is -0.0521. The van der Waals surface area contributed by atoms with Crippen molar-refractivity contribution in [2.75, 3.05) is 24.7 Å². The van der Waals surface area contributed by atoms with Crippen LogP contribution in [0.1, 0.15) is 6.92 Å². The van der Waals surface area contributed by atoms with E-state index in [1.807, 2.05) is 6.92 Å². The van der Waals surface area contributed by atoms with Crippen molar-refractivity contribution in [3.05, 3.63) is 17.9 Å². The van der Waals surface area contributed by atoms with Crippen molar-refractivity contribution in [3.8, 4) is 5.75 Å². The van der Waals surface area contributed by atoms with E-state index in [2.05, 4.69) is 10.1 Å². The second-order valence-electron chi connectivity index (χ2n) is 3.68. The van der Waals surface area contributed by atoms with Crippen molar-refractivity contribution in [1.82, 2.24) is 0 Å². The van der Waals surface area contributed by atoms with Gasteiger partial charge in [0.1, 0.15) is 0 Å². The summed E-state index contributed by atoms with van der Waals surface area (Å²) in [6.45, 7) is -0.877. The Balaban J connectivity index is 2.84. The maximum atomic E-state index is 13.3. The Labute approximate surface area is 103 Å². The summed E-state index contributed by atoms with van der Waals surface area (Å²) in [4.78, 5) is 0. The zero-order valence-corrected chi connectivity index (χ0v) is 10.0. The van der Waals surface area contributed by atoms with Crippen molar-refractivity contribution in [1.29, 1.82) is 0 Å². The second kappa shape index (κ2) is 6.34. The number of benzene rings is 1. The van der Waals surface area contributed by atoms with E-state index in [9.17, 15) is 13.2 Å². The maximum absolute atomic E-state index is 13.3. The van der Waals surface area contributed by atoms with Crippen LogP contribution in [0.25, 0.3) is 0 Å². The molecule has 0 bridgehead atoms. The summed E-state index contributed by atoms with van der Waals surface area (Å²) in [5.74, 6) is -1.48. The number of ether oxygens (including phenoxy) is 2. The molecule has 0 saturated carbocycles. The van der Waals surface area contributed by atoms with Gasteiger partial charge in [-0.25, -0.2) is 4.39 Å². The fourth-order valence-electron chi connectivity index (χ4n) is 1.25. The molecule has 0 spiro atoms. The maximum Gasteiger partial charge on any atom is 0.387 e. The van der Waals surface area contributed by atoms with Crippen LogP contribution in [-0.4, -0.2) is 26.4 Å². The summed E-state index contributed by atoms with van der Waals surface area (Å²) < 4.78 is 46.4. The first-order valence-electron chi connectivity index (χ1n) is 5.24. The zero-order valence-electron chi connectivity index (χ0n) is 10.0. The van der Waals surface area contributed by atoms with Crippen molar-refractivity contribution in [2.45, 2.75) is 19.6 Å². The summed E-state index contributed by atoms with van der Waals surface area (Å²) in [6.07, 6.45) is -0.103. The Morgan fingerprint density at radius 2 is 2.06 bits per heavy atom. The lowest BCUT2D eigenvalue weighted by Crippen LogP contribution is -2.19. The van der Waals surface area contributed by atoms with Crippen LogP contribution >= 0.6 is 0 Å². The molecule has 1 rings (SSSR count). The molecule has 0 amide bonds. The van der Waals surface area contributed by atoms with E-state index in [1.165, 1.54) is 7.11 Å². The topological polar surface area (TPSA) is 56.5 Å². The average Bonchev–Trinajstić information content (AvgIpc) is 2.30. The third-order valence-corrected chi connectivity index (χ3v) is 2.30. The minimum atomic E-state index is -3.09. The van der Waals surface area contributed by atoms with Crippen LogP contribution in [0.4, 0.5) is 24.5 Å². The molecule has 3 N–H and O–H groups in total. The summed E-state index contributed by atoms with van der Waals surface area (Å²) in [5.41, 5.74) is 5.99. The van der Waals surface area contributed by atoms with E-state index in [0.29, 0.717) is 12.2 Å². The highest BCUT2D eigenvalue weighted by Crippen LogP contribution is 2.29. The van der Waals surface area contributed by atoms with Gasteiger partial charge in [0.25, 0.3) is 0 Å². The number of nitrogens with one attached hydrogen (secondary N) is 1. The van der Waals surface area contributed by atoms with Crippen molar-refractivity contribution < 1.29 is 22.6 Å². The van der Waals surface area contributed by atoms with Crippen LogP contribution < -0.4 is 15.8 Å². The molecule has 0 fully saturated rings. The fraction of sp³-hybridized carbons (Fsp3) is 0.455. The van der Waals surface area contributed by atoms with Crippen LogP contribution in [0.15, 0.2) is 12.1 Å².